The number of primary amides is 1. The van der Waals surface area contributed by atoms with Gasteiger partial charge in [-0.15, -0.1) is 0 Å². The molecule has 25 heavy (non-hydrogen) atoms. The van der Waals surface area contributed by atoms with Crippen LogP contribution in [0.15, 0.2) is 46.0 Å². The van der Waals surface area contributed by atoms with E-state index in [-0.39, 0.29) is 18.0 Å². The minimum Gasteiger partial charge on any atom is -0.368 e. The number of rotatable bonds is 5. The molecule has 0 spiro atoms. The maximum absolute atomic E-state index is 12.7. The molecule has 0 radical (unpaired) electrons. The summed E-state index contributed by atoms with van der Waals surface area (Å²) >= 11 is 0. The molecule has 1 aromatic carbocycles. The summed E-state index contributed by atoms with van der Waals surface area (Å²) in [7, 11) is 1.65. The molecule has 2 heterocycles. The molecule has 8 nitrogen and oxygen atoms in total. The van der Waals surface area contributed by atoms with E-state index in [9.17, 15) is 9.59 Å². The standard InChI is InChI=1S/C17H19N5O3/c1-11-8-12(20-25-11)10-21(2)17(24)14-9-15(16(18)23)22(19-14)13-6-4-3-5-7-13/h3-8,15H,9-10H2,1-2H3,(H2,18,23)/t15-/m0/s1. The maximum Gasteiger partial charge on any atom is 0.270 e. The van der Waals surface area contributed by atoms with Gasteiger partial charge in [-0.1, -0.05) is 23.4 Å². The summed E-state index contributed by atoms with van der Waals surface area (Å²) in [5, 5.41) is 9.72. The van der Waals surface area contributed by atoms with Gasteiger partial charge in [0.1, 0.15) is 23.2 Å². The summed E-state index contributed by atoms with van der Waals surface area (Å²) in [5.41, 5.74) is 7.14. The molecule has 3 rings (SSSR count). The van der Waals surface area contributed by atoms with Crippen molar-refractivity contribution in [3.8, 4) is 0 Å². The number of nitrogens with zero attached hydrogens (tertiary/aromatic N) is 4. The van der Waals surface area contributed by atoms with E-state index in [0.29, 0.717) is 23.7 Å². The van der Waals surface area contributed by atoms with Crippen molar-refractivity contribution >= 4 is 23.2 Å². The third-order valence-electron chi connectivity index (χ3n) is 3.93. The first-order valence-electron chi connectivity index (χ1n) is 7.84. The fraction of sp³-hybridized carbons (Fsp3) is 0.294. The molecular formula is C17H19N5O3. The second-order valence-corrected chi connectivity index (χ2v) is 5.94. The number of amides is 2. The van der Waals surface area contributed by atoms with Crippen molar-refractivity contribution < 1.29 is 14.1 Å². The minimum absolute atomic E-state index is 0.172. The Kier molecular flexibility index (Phi) is 4.51. The van der Waals surface area contributed by atoms with Crippen molar-refractivity contribution in [1.82, 2.24) is 10.1 Å². The first kappa shape index (κ1) is 16.7. The van der Waals surface area contributed by atoms with Gasteiger partial charge in [0, 0.05) is 19.5 Å². The van der Waals surface area contributed by atoms with Gasteiger partial charge >= 0.3 is 0 Å². The first-order chi connectivity index (χ1) is 12.0. The molecule has 0 fully saturated rings. The van der Waals surface area contributed by atoms with Crippen LogP contribution in [0.3, 0.4) is 0 Å². The Morgan fingerprint density at radius 1 is 1.36 bits per heavy atom. The largest absolute Gasteiger partial charge is 0.368 e. The zero-order valence-corrected chi connectivity index (χ0v) is 14.0. The quantitative estimate of drug-likeness (QED) is 0.875. The van der Waals surface area contributed by atoms with Gasteiger partial charge in [0.25, 0.3) is 5.91 Å². The number of carbonyl (C=O) groups is 2. The number of aromatic nitrogens is 1. The number of carbonyl (C=O) groups excluding carboxylic acids is 2. The molecule has 1 atom stereocenters. The minimum atomic E-state index is -0.677. The van der Waals surface area contributed by atoms with Crippen molar-refractivity contribution in [2.45, 2.75) is 25.9 Å². The average molecular weight is 341 g/mol. The predicted molar refractivity (Wildman–Crippen MR) is 91.7 cm³/mol. The lowest BCUT2D eigenvalue weighted by atomic mass is 10.1. The number of hydrogen-bond donors (Lipinski definition) is 1. The van der Waals surface area contributed by atoms with Crippen LogP contribution in [0.25, 0.3) is 0 Å². The van der Waals surface area contributed by atoms with E-state index in [1.807, 2.05) is 30.3 Å². The lowest BCUT2D eigenvalue weighted by molar-refractivity contribution is -0.123. The summed E-state index contributed by atoms with van der Waals surface area (Å²) in [6.07, 6.45) is 0.172. The summed E-state index contributed by atoms with van der Waals surface area (Å²) < 4.78 is 5.01. The van der Waals surface area contributed by atoms with Crippen LogP contribution < -0.4 is 10.7 Å². The van der Waals surface area contributed by atoms with E-state index in [4.69, 9.17) is 10.3 Å². The predicted octanol–water partition coefficient (Wildman–Crippen LogP) is 1.06. The molecule has 2 aromatic rings. The molecule has 1 aliphatic heterocycles. The third-order valence-corrected chi connectivity index (χ3v) is 3.93. The SMILES string of the molecule is Cc1cc(CN(C)C(=O)C2=NN(c3ccccc3)[C@H](C(N)=O)C2)no1. The first-order valence-corrected chi connectivity index (χ1v) is 7.84. The molecule has 130 valence electrons. The van der Waals surface area contributed by atoms with Crippen LogP contribution in [-0.2, 0) is 16.1 Å². The molecule has 0 bridgehead atoms. The van der Waals surface area contributed by atoms with Gasteiger partial charge in [0.2, 0.25) is 5.91 Å². The number of hydrazone groups is 1. The van der Waals surface area contributed by atoms with Crippen LogP contribution in [0.5, 0.6) is 0 Å². The Labute approximate surface area is 144 Å². The molecule has 2 N–H and O–H groups in total. The van der Waals surface area contributed by atoms with E-state index in [1.54, 1.807) is 20.0 Å². The number of nitrogens with two attached hydrogens (primary N) is 1. The number of anilines is 1. The summed E-state index contributed by atoms with van der Waals surface area (Å²) in [5.74, 6) is -0.117. The summed E-state index contributed by atoms with van der Waals surface area (Å²) in [4.78, 5) is 25.9. The van der Waals surface area contributed by atoms with Gasteiger partial charge in [-0.05, 0) is 19.1 Å². The molecule has 0 unspecified atom stereocenters. The van der Waals surface area contributed by atoms with Crippen molar-refractivity contribution in [2.24, 2.45) is 10.8 Å². The second-order valence-electron chi connectivity index (χ2n) is 5.94. The molecular weight excluding hydrogens is 322 g/mol. The van der Waals surface area contributed by atoms with Gasteiger partial charge < -0.3 is 15.2 Å². The highest BCUT2D eigenvalue weighted by molar-refractivity contribution is 6.40. The van der Waals surface area contributed by atoms with E-state index in [1.165, 1.54) is 9.91 Å². The van der Waals surface area contributed by atoms with Gasteiger partial charge in [0.05, 0.1) is 12.2 Å². The van der Waals surface area contributed by atoms with Crippen LogP contribution >= 0.6 is 0 Å². The normalized spacial score (nSPS) is 16.6. The lowest BCUT2D eigenvalue weighted by Crippen LogP contribution is -2.40. The van der Waals surface area contributed by atoms with Gasteiger partial charge in [0.15, 0.2) is 0 Å². The Hall–Kier alpha value is -3.16. The van der Waals surface area contributed by atoms with Crippen LogP contribution in [-0.4, -0.2) is 40.7 Å². The van der Waals surface area contributed by atoms with Crippen LogP contribution in [0.2, 0.25) is 0 Å². The number of para-hydroxylation sites is 1. The van der Waals surface area contributed by atoms with Crippen LogP contribution in [0.1, 0.15) is 17.9 Å². The highest BCUT2D eigenvalue weighted by Crippen LogP contribution is 2.25. The van der Waals surface area contributed by atoms with Crippen molar-refractivity contribution in [1.29, 1.82) is 0 Å². The topological polar surface area (TPSA) is 105 Å². The van der Waals surface area contributed by atoms with Gasteiger partial charge in [-0.2, -0.15) is 5.10 Å². The molecule has 1 aliphatic rings. The number of benzene rings is 1. The molecule has 1 aromatic heterocycles. The van der Waals surface area contributed by atoms with Crippen molar-refractivity contribution in [2.75, 3.05) is 12.1 Å². The van der Waals surface area contributed by atoms with Crippen molar-refractivity contribution in [3.63, 3.8) is 0 Å². The van der Waals surface area contributed by atoms with Gasteiger partial charge in [-0.3, -0.25) is 14.6 Å². The summed E-state index contributed by atoms with van der Waals surface area (Å²) in [6.45, 7) is 2.08. The molecule has 0 saturated heterocycles. The fourth-order valence-corrected chi connectivity index (χ4v) is 2.71. The lowest BCUT2D eigenvalue weighted by Gasteiger charge is -2.20. The second kappa shape index (κ2) is 6.76. The highest BCUT2D eigenvalue weighted by atomic mass is 16.5. The molecule has 0 aliphatic carbocycles. The molecule has 2 amide bonds. The monoisotopic (exact) mass is 341 g/mol. The fourth-order valence-electron chi connectivity index (χ4n) is 2.71. The average Bonchev–Trinajstić information content (AvgIpc) is 3.21. The zero-order valence-electron chi connectivity index (χ0n) is 14.0. The van der Waals surface area contributed by atoms with E-state index in [0.717, 1.165) is 0 Å². The van der Waals surface area contributed by atoms with E-state index >= 15 is 0 Å². The van der Waals surface area contributed by atoms with Crippen LogP contribution in [0.4, 0.5) is 5.69 Å². The Balaban J connectivity index is 1.78. The Morgan fingerprint density at radius 3 is 2.68 bits per heavy atom. The van der Waals surface area contributed by atoms with E-state index in [2.05, 4.69) is 10.3 Å². The Morgan fingerprint density at radius 2 is 2.08 bits per heavy atom. The number of hydrogen-bond acceptors (Lipinski definition) is 6. The Bertz CT molecular complexity index is 815. The highest BCUT2D eigenvalue weighted by Gasteiger charge is 2.35. The van der Waals surface area contributed by atoms with Crippen LogP contribution in [0, 0.1) is 6.92 Å². The van der Waals surface area contributed by atoms with Gasteiger partial charge in [-0.25, -0.2) is 0 Å². The van der Waals surface area contributed by atoms with Crippen molar-refractivity contribution in [3.05, 3.63) is 47.9 Å². The number of aryl methyl sites for hydroxylation is 1. The molecule has 8 heteroatoms. The maximum atomic E-state index is 12.7. The third kappa shape index (κ3) is 3.52. The smallest absolute Gasteiger partial charge is 0.270 e. The molecule has 0 saturated carbocycles. The van der Waals surface area contributed by atoms with E-state index < -0.39 is 11.9 Å². The summed E-state index contributed by atoms with van der Waals surface area (Å²) in [6, 6.07) is 10.3. The zero-order chi connectivity index (χ0) is 18.0.